The van der Waals surface area contributed by atoms with Gasteiger partial charge in [-0.3, -0.25) is 14.3 Å². The van der Waals surface area contributed by atoms with Crippen LogP contribution in [-0.4, -0.2) is 57.1 Å². The molecule has 0 saturated carbocycles. The summed E-state index contributed by atoms with van der Waals surface area (Å²) in [6.07, 6.45) is 0. The molecule has 0 unspecified atom stereocenters. The summed E-state index contributed by atoms with van der Waals surface area (Å²) in [7, 11) is 0. The number of nitrogens with zero attached hydrogens (tertiary/aromatic N) is 3. The van der Waals surface area contributed by atoms with E-state index in [-0.39, 0.29) is 12.2 Å². The first-order valence-electron chi connectivity index (χ1n) is 11.1. The maximum atomic E-state index is 14.1. The maximum Gasteiger partial charge on any atom is 0.273 e. The molecule has 1 atom stereocenters. The summed E-state index contributed by atoms with van der Waals surface area (Å²) in [5.41, 5.74) is 1.02. The van der Waals surface area contributed by atoms with E-state index < -0.39 is 48.3 Å². The van der Waals surface area contributed by atoms with Crippen LogP contribution in [0.25, 0.3) is 10.9 Å². The zero-order valence-corrected chi connectivity index (χ0v) is 19.7. The van der Waals surface area contributed by atoms with E-state index in [4.69, 9.17) is 5.26 Å². The number of rotatable bonds is 8. The Labute approximate surface area is 202 Å². The van der Waals surface area contributed by atoms with Gasteiger partial charge in [-0.05, 0) is 41.3 Å². The highest BCUT2D eigenvalue weighted by Crippen LogP contribution is 2.24. The molecule has 10 heteroatoms. The summed E-state index contributed by atoms with van der Waals surface area (Å²) >= 11 is 0. The molecule has 3 aromatic rings. The number of hydrogen-bond acceptors (Lipinski definition) is 6. The molecule has 4 N–H and O–H groups in total. The third-order valence-electron chi connectivity index (χ3n) is 5.53. The fraction of sp³-hybridized carbons (Fsp3) is 0.360. The summed E-state index contributed by atoms with van der Waals surface area (Å²) in [4.78, 5) is 26.1. The first-order valence-corrected chi connectivity index (χ1v) is 11.1. The van der Waals surface area contributed by atoms with E-state index in [1.165, 1.54) is 22.9 Å². The number of nitrogens with one attached hydrogen (secondary N) is 2. The lowest BCUT2D eigenvalue weighted by Gasteiger charge is -2.31. The quantitative estimate of drug-likeness (QED) is 0.386. The Morgan fingerprint density at radius 2 is 1.77 bits per heavy atom. The van der Waals surface area contributed by atoms with E-state index in [0.29, 0.717) is 16.5 Å². The normalized spacial score (nSPS) is 12.4. The monoisotopic (exact) mass is 481 g/mol. The molecular weight excluding hydrogens is 453 g/mol. The van der Waals surface area contributed by atoms with Crippen molar-refractivity contribution in [3.05, 3.63) is 65.1 Å². The molecule has 2 amide bonds. The number of nitriles is 1. The highest BCUT2D eigenvalue weighted by Gasteiger charge is 2.35. The summed E-state index contributed by atoms with van der Waals surface area (Å²) in [5.74, 6) is -1.68. The largest absolute Gasteiger partial charge is 0.394 e. The molecule has 184 valence electrons. The van der Waals surface area contributed by atoms with Crippen LogP contribution in [0.5, 0.6) is 0 Å². The van der Waals surface area contributed by atoms with Gasteiger partial charge in [-0.25, -0.2) is 4.39 Å². The number of halogens is 1. The lowest BCUT2D eigenvalue weighted by Crippen LogP contribution is -2.56. The van der Waals surface area contributed by atoms with Gasteiger partial charge >= 0.3 is 0 Å². The van der Waals surface area contributed by atoms with Crippen LogP contribution in [0.2, 0.25) is 0 Å². The fourth-order valence-corrected chi connectivity index (χ4v) is 3.60. The Kier molecular flexibility index (Phi) is 7.84. The zero-order chi connectivity index (χ0) is 25.8. The van der Waals surface area contributed by atoms with Crippen molar-refractivity contribution in [2.45, 2.75) is 39.4 Å². The predicted octanol–water partition coefficient (Wildman–Crippen LogP) is 1.71. The number of amides is 2. The van der Waals surface area contributed by atoms with E-state index in [1.54, 1.807) is 45.0 Å². The minimum absolute atomic E-state index is 0.0246. The van der Waals surface area contributed by atoms with Crippen molar-refractivity contribution < 1.29 is 24.2 Å². The van der Waals surface area contributed by atoms with E-state index in [9.17, 15) is 24.2 Å². The molecule has 0 aliphatic carbocycles. The highest BCUT2D eigenvalue weighted by molar-refractivity contribution is 6.06. The molecule has 0 bridgehead atoms. The van der Waals surface area contributed by atoms with Gasteiger partial charge in [0.05, 0.1) is 42.9 Å². The first-order chi connectivity index (χ1) is 16.6. The second-order valence-corrected chi connectivity index (χ2v) is 9.32. The molecule has 2 aromatic carbocycles. The Morgan fingerprint density at radius 1 is 1.11 bits per heavy atom. The molecule has 0 aliphatic rings. The van der Waals surface area contributed by atoms with Gasteiger partial charge in [0.2, 0.25) is 5.91 Å². The average molecular weight is 482 g/mol. The van der Waals surface area contributed by atoms with Gasteiger partial charge in [-0.2, -0.15) is 10.4 Å². The van der Waals surface area contributed by atoms with Crippen LogP contribution in [0, 0.1) is 22.6 Å². The molecule has 1 heterocycles. The second kappa shape index (κ2) is 10.6. The van der Waals surface area contributed by atoms with Crippen LogP contribution in [-0.2, 0) is 11.3 Å². The highest BCUT2D eigenvalue weighted by atomic mass is 19.1. The molecule has 0 spiro atoms. The molecule has 0 saturated heterocycles. The van der Waals surface area contributed by atoms with E-state index >= 15 is 0 Å². The Morgan fingerprint density at radius 3 is 2.34 bits per heavy atom. The molecule has 0 aliphatic heterocycles. The predicted molar refractivity (Wildman–Crippen MR) is 127 cm³/mol. The molecule has 9 nitrogen and oxygen atoms in total. The first kappa shape index (κ1) is 25.8. The van der Waals surface area contributed by atoms with E-state index in [2.05, 4.69) is 15.7 Å². The van der Waals surface area contributed by atoms with Gasteiger partial charge in [-0.15, -0.1) is 0 Å². The molecular formula is C25H28FN5O4. The second-order valence-electron chi connectivity index (χ2n) is 9.32. The Balaban J connectivity index is 1.94. The van der Waals surface area contributed by atoms with Crippen molar-refractivity contribution in [2.24, 2.45) is 5.41 Å². The van der Waals surface area contributed by atoms with Crippen molar-refractivity contribution in [2.75, 3.05) is 13.2 Å². The van der Waals surface area contributed by atoms with E-state index in [1.807, 2.05) is 6.07 Å². The minimum Gasteiger partial charge on any atom is -0.394 e. The van der Waals surface area contributed by atoms with Crippen molar-refractivity contribution in [1.82, 2.24) is 20.4 Å². The maximum absolute atomic E-state index is 14.1. The topological polar surface area (TPSA) is 140 Å². The number of fused-ring (bicyclic) bond motifs is 1. The third kappa shape index (κ3) is 6.01. The number of carbonyl (C=O) groups is 2. The molecule has 35 heavy (non-hydrogen) atoms. The van der Waals surface area contributed by atoms with Crippen molar-refractivity contribution in [3.63, 3.8) is 0 Å². The molecule has 0 radical (unpaired) electrons. The van der Waals surface area contributed by atoms with Crippen LogP contribution in [0.15, 0.2) is 42.5 Å². The van der Waals surface area contributed by atoms with Crippen LogP contribution >= 0.6 is 0 Å². The molecule has 3 rings (SSSR count). The third-order valence-corrected chi connectivity index (χ3v) is 5.53. The number of aliphatic hydroxyl groups is 2. The van der Waals surface area contributed by atoms with Gasteiger partial charge in [0.15, 0.2) is 5.69 Å². The van der Waals surface area contributed by atoms with Gasteiger partial charge in [-0.1, -0.05) is 32.9 Å². The number of benzene rings is 2. The van der Waals surface area contributed by atoms with Crippen LogP contribution in [0.3, 0.4) is 0 Å². The molecule has 1 aromatic heterocycles. The number of hydrogen-bond donors (Lipinski definition) is 4. The van der Waals surface area contributed by atoms with Gasteiger partial charge < -0.3 is 20.8 Å². The lowest BCUT2D eigenvalue weighted by molar-refractivity contribution is -0.126. The fourth-order valence-electron chi connectivity index (χ4n) is 3.60. The molecule has 0 fully saturated rings. The van der Waals surface area contributed by atoms with Crippen molar-refractivity contribution >= 4 is 22.7 Å². The standard InChI is InChI=1S/C25H28FN5O4/c1-25(2,3)22(24(35)28-18(13-32)14-33)29-23(34)21-19-9-8-17(26)10-20(19)31(30-21)12-16-6-4-15(11-27)5-7-16/h4-10,18,22,32-33H,12-14H2,1-3H3,(H,28,35)(H,29,34)/t22-/m1/s1. The van der Waals surface area contributed by atoms with Crippen LogP contribution < -0.4 is 10.6 Å². The minimum atomic E-state index is -1.00. The Bertz CT molecular complexity index is 1250. The van der Waals surface area contributed by atoms with Crippen molar-refractivity contribution in [1.29, 1.82) is 5.26 Å². The summed E-state index contributed by atoms with van der Waals surface area (Å²) in [6.45, 7) is 4.62. The van der Waals surface area contributed by atoms with Gasteiger partial charge in [0.25, 0.3) is 5.91 Å². The number of aliphatic hydroxyl groups excluding tert-OH is 2. The van der Waals surface area contributed by atoms with E-state index in [0.717, 1.165) is 5.56 Å². The summed E-state index contributed by atoms with van der Waals surface area (Å²) < 4.78 is 15.5. The number of aromatic nitrogens is 2. The Hall–Kier alpha value is -3.81. The van der Waals surface area contributed by atoms with Gasteiger partial charge in [0.1, 0.15) is 11.9 Å². The SMILES string of the molecule is CC(C)(C)[C@H](NC(=O)c1nn(Cc2ccc(C#N)cc2)c2cc(F)ccc12)C(=O)NC(CO)CO. The van der Waals surface area contributed by atoms with Crippen LogP contribution in [0.1, 0.15) is 42.4 Å². The zero-order valence-electron chi connectivity index (χ0n) is 19.7. The summed E-state index contributed by atoms with van der Waals surface area (Å²) in [5, 5.41) is 37.6. The lowest BCUT2D eigenvalue weighted by atomic mass is 9.85. The smallest absolute Gasteiger partial charge is 0.273 e. The average Bonchev–Trinajstić information content (AvgIpc) is 3.17. The summed E-state index contributed by atoms with van der Waals surface area (Å²) in [6, 6.07) is 11.0. The van der Waals surface area contributed by atoms with Gasteiger partial charge in [0, 0.05) is 5.39 Å². The van der Waals surface area contributed by atoms with Crippen LogP contribution in [0.4, 0.5) is 4.39 Å². The van der Waals surface area contributed by atoms with Crippen molar-refractivity contribution in [3.8, 4) is 6.07 Å². The number of carbonyl (C=O) groups excluding carboxylic acids is 2.